The smallest absolute Gasteiger partial charge is 0.373 e. The fourth-order valence-corrected chi connectivity index (χ4v) is 10.1. The second-order valence-electron chi connectivity index (χ2n) is 13.4. The minimum atomic E-state index is -4.68. The minimum absolute atomic E-state index is 0.177. The third kappa shape index (κ3) is 7.50. The first-order valence-electron chi connectivity index (χ1n) is 17.2. The molecule has 0 aliphatic carbocycles. The summed E-state index contributed by atoms with van der Waals surface area (Å²) in [5.74, 6) is -0.615. The zero-order chi connectivity index (χ0) is 42.4. The van der Waals surface area contributed by atoms with Crippen LogP contribution in [0.1, 0.15) is 38.9 Å². The molecule has 0 aliphatic heterocycles. The van der Waals surface area contributed by atoms with Crippen molar-refractivity contribution in [2.45, 2.75) is 64.8 Å². The van der Waals surface area contributed by atoms with Gasteiger partial charge in [0.25, 0.3) is 31.9 Å². The van der Waals surface area contributed by atoms with Crippen molar-refractivity contribution in [3.63, 3.8) is 0 Å². The van der Waals surface area contributed by atoms with E-state index in [1.54, 1.807) is 70.7 Å². The molecule has 16 nitrogen and oxygen atoms in total. The van der Waals surface area contributed by atoms with Crippen molar-refractivity contribution in [2.24, 2.45) is 10.2 Å². The Hall–Kier alpha value is -6.53. The van der Waals surface area contributed by atoms with Crippen LogP contribution in [0.4, 0.5) is 51.2 Å². The van der Waals surface area contributed by atoms with E-state index < -0.39 is 20.2 Å². The van der Waals surface area contributed by atoms with Crippen LogP contribution in [-0.4, -0.2) is 40.5 Å². The Morgan fingerprint density at radius 2 is 1.48 bits per heavy atom. The largest absolute Gasteiger partial charge is 0.417 e. The van der Waals surface area contributed by atoms with Crippen molar-refractivity contribution >= 4 is 92.9 Å². The third-order valence-corrected chi connectivity index (χ3v) is 12.7. The Morgan fingerprint density at radius 3 is 2.09 bits per heavy atom. The van der Waals surface area contributed by atoms with Crippen LogP contribution in [0.15, 0.2) is 68.6 Å². The number of nitrogens with one attached hydrogen (secondary N) is 1. The van der Waals surface area contributed by atoms with Gasteiger partial charge in [-0.1, -0.05) is 58.8 Å². The van der Waals surface area contributed by atoms with E-state index in [0.29, 0.717) is 55.5 Å². The third-order valence-electron chi connectivity index (χ3n) is 9.36. The lowest BCUT2D eigenvalue weighted by Gasteiger charge is -2.29. The molecule has 3 N–H and O–H groups in total. The summed E-state index contributed by atoms with van der Waals surface area (Å²) < 4.78 is 73.4. The van der Waals surface area contributed by atoms with Crippen molar-refractivity contribution in [3.8, 4) is 6.07 Å². The molecule has 0 bridgehead atoms. The first-order chi connectivity index (χ1) is 27.3. The molecule has 58 heavy (non-hydrogen) atoms. The van der Waals surface area contributed by atoms with Gasteiger partial charge in [0.05, 0.1) is 27.3 Å². The van der Waals surface area contributed by atoms with E-state index in [1.807, 2.05) is 37.3 Å². The number of aryl methyl sites for hydroxylation is 5. The molecule has 0 fully saturated rings. The topological polar surface area (TPSA) is 212 Å². The SMILES string of the molecule is [C-]#[N+]c1nc(N=Nc2c(C)cc(N(c3nc4ccccc4s3)c3c(C)cc(C)c(S(=O)(=O)O)c3C)cc2Nc2c(C)cc(C)c(S(=O)(=O)O)c2C)n(CC#N)c1[N+]#[C-]. The molecule has 19 heteroatoms. The summed E-state index contributed by atoms with van der Waals surface area (Å²) in [5.41, 5.74) is 5.24. The van der Waals surface area contributed by atoms with Crippen LogP contribution in [0.25, 0.3) is 19.9 Å². The number of azo groups is 1. The standard InChI is InChI=1S/C39H34N10O6S3/c1-20-16-23(4)34(57(50,51)52)25(6)31(20)43-29-19-27(18-21(2)32(29)46-47-38-45-36(41-8)37(42-9)48(38)15-14-40)49(39-44-28-12-10-11-13-30(28)56-39)33-22(3)17-24(5)35(26(33)7)58(53,54)55/h10-13,16-19,43H,15H2,1-7H3,(H,50,51,52)(H,53,54,55). The highest BCUT2D eigenvalue weighted by Gasteiger charge is 2.29. The van der Waals surface area contributed by atoms with Crippen LogP contribution in [0.2, 0.25) is 0 Å². The van der Waals surface area contributed by atoms with Crippen molar-refractivity contribution in [2.75, 3.05) is 10.2 Å². The molecular weight excluding hydrogens is 801 g/mol. The number of thiazole rings is 1. The second kappa shape index (κ2) is 15.4. The van der Waals surface area contributed by atoms with Gasteiger partial charge in [-0.2, -0.15) is 22.1 Å². The molecule has 0 amide bonds. The van der Waals surface area contributed by atoms with Gasteiger partial charge in [0.15, 0.2) is 11.7 Å². The van der Waals surface area contributed by atoms with Crippen LogP contribution in [-0.2, 0) is 26.8 Å². The van der Waals surface area contributed by atoms with Gasteiger partial charge in [0.1, 0.15) is 21.5 Å². The molecule has 0 unspecified atom stereocenters. The fraction of sp³-hybridized carbons (Fsp3) is 0.205. The van der Waals surface area contributed by atoms with Gasteiger partial charge in [0, 0.05) is 5.69 Å². The Labute approximate surface area is 338 Å². The van der Waals surface area contributed by atoms with E-state index >= 15 is 0 Å². The number of aromatic nitrogens is 3. The molecule has 0 aliphatic rings. The average molecular weight is 835 g/mol. The molecule has 0 spiro atoms. The molecule has 0 radical (unpaired) electrons. The first-order valence-corrected chi connectivity index (χ1v) is 20.9. The number of rotatable bonds is 10. The summed E-state index contributed by atoms with van der Waals surface area (Å²) in [7, 11) is -9.35. The highest BCUT2D eigenvalue weighted by molar-refractivity contribution is 7.86. The number of hydrogen-bond acceptors (Lipinski definition) is 12. The fourth-order valence-electron chi connectivity index (χ4n) is 7.19. The van der Waals surface area contributed by atoms with Gasteiger partial charge in [-0.15, -0.1) is 5.11 Å². The molecule has 294 valence electrons. The summed E-state index contributed by atoms with van der Waals surface area (Å²) in [6, 6.07) is 16.1. The Morgan fingerprint density at radius 1 is 0.845 bits per heavy atom. The molecule has 6 aromatic rings. The molecule has 0 saturated carbocycles. The highest BCUT2D eigenvalue weighted by atomic mass is 32.2. The zero-order valence-corrected chi connectivity index (χ0v) is 34.6. The number of fused-ring (bicyclic) bond motifs is 1. The maximum atomic E-state index is 12.8. The van der Waals surface area contributed by atoms with Gasteiger partial charge in [-0.05, 0) is 112 Å². The maximum absolute atomic E-state index is 12.8. The van der Waals surface area contributed by atoms with Crippen LogP contribution in [0.3, 0.4) is 0 Å². The summed E-state index contributed by atoms with van der Waals surface area (Å²) >= 11 is 1.34. The van der Waals surface area contributed by atoms with Crippen LogP contribution < -0.4 is 10.2 Å². The van der Waals surface area contributed by atoms with E-state index in [0.717, 1.165) is 9.27 Å². The summed E-state index contributed by atoms with van der Waals surface area (Å²) in [4.78, 5) is 17.0. The number of hydrogen-bond donors (Lipinski definition) is 3. The zero-order valence-electron chi connectivity index (χ0n) is 32.1. The van der Waals surface area contributed by atoms with Gasteiger partial charge < -0.3 is 15.0 Å². The van der Waals surface area contributed by atoms with E-state index in [9.17, 15) is 31.2 Å². The number of imidazole rings is 1. The van der Waals surface area contributed by atoms with Gasteiger partial charge in [0.2, 0.25) is 0 Å². The molecular formula is C39H34N10O6S3. The maximum Gasteiger partial charge on any atom is 0.417 e. The lowest BCUT2D eigenvalue weighted by molar-refractivity contribution is 0.479. The monoisotopic (exact) mass is 834 g/mol. The van der Waals surface area contributed by atoms with Crippen LogP contribution >= 0.6 is 11.3 Å². The molecule has 2 aromatic heterocycles. The van der Waals surface area contributed by atoms with Crippen LogP contribution in [0.5, 0.6) is 0 Å². The molecule has 4 aromatic carbocycles. The van der Waals surface area contributed by atoms with E-state index in [4.69, 9.17) is 18.1 Å². The average Bonchev–Trinajstić information content (AvgIpc) is 3.70. The number of anilines is 5. The Balaban J connectivity index is 1.69. The molecule has 0 saturated heterocycles. The van der Waals surface area contributed by atoms with E-state index in [-0.39, 0.29) is 56.4 Å². The van der Waals surface area contributed by atoms with Gasteiger partial charge >= 0.3 is 5.95 Å². The second-order valence-corrected chi connectivity index (χ2v) is 17.1. The molecule has 6 rings (SSSR count). The highest BCUT2D eigenvalue weighted by Crippen LogP contribution is 2.48. The normalized spacial score (nSPS) is 11.8. The summed E-state index contributed by atoms with van der Waals surface area (Å²) in [6.45, 7) is 26.3. The van der Waals surface area contributed by atoms with E-state index in [2.05, 4.69) is 30.2 Å². The number of nitrogens with zero attached hydrogens (tertiary/aromatic N) is 9. The lowest BCUT2D eigenvalue weighted by atomic mass is 10.0. The first kappa shape index (κ1) is 41.1. The van der Waals surface area contributed by atoms with Crippen molar-refractivity contribution in [1.29, 1.82) is 5.26 Å². The number of nitriles is 1. The number of benzene rings is 4. The lowest BCUT2D eigenvalue weighted by Crippen LogP contribution is -2.16. The van der Waals surface area contributed by atoms with Gasteiger partial charge in [-0.3, -0.25) is 14.0 Å². The summed E-state index contributed by atoms with van der Waals surface area (Å²) in [5, 5.41) is 22.1. The summed E-state index contributed by atoms with van der Waals surface area (Å²) in [6.07, 6.45) is 0. The van der Waals surface area contributed by atoms with Crippen molar-refractivity contribution in [3.05, 3.63) is 110 Å². The molecule has 0 atom stereocenters. The van der Waals surface area contributed by atoms with E-state index in [1.165, 1.54) is 11.3 Å². The van der Waals surface area contributed by atoms with Gasteiger partial charge in [-0.25, -0.2) is 9.55 Å². The van der Waals surface area contributed by atoms with Crippen molar-refractivity contribution < 1.29 is 25.9 Å². The quantitative estimate of drug-likeness (QED) is 0.0671. The Kier molecular flexibility index (Phi) is 10.9. The number of para-hydroxylation sites is 1. The molecule has 2 heterocycles. The predicted octanol–water partition coefficient (Wildman–Crippen LogP) is 10.4. The van der Waals surface area contributed by atoms with Crippen LogP contribution in [0, 0.1) is 72.9 Å². The van der Waals surface area contributed by atoms with Crippen molar-refractivity contribution in [1.82, 2.24) is 14.5 Å². The predicted molar refractivity (Wildman–Crippen MR) is 221 cm³/mol. The minimum Gasteiger partial charge on any atom is -0.373 e. The Bertz CT molecular complexity index is 3060.